The number of nitrogens with zero attached hydrogens (tertiary/aromatic N) is 5. The lowest BCUT2D eigenvalue weighted by Crippen LogP contribution is -2.29. The monoisotopic (exact) mass is 422 g/mol. The van der Waals surface area contributed by atoms with Crippen molar-refractivity contribution in [1.29, 1.82) is 0 Å². The van der Waals surface area contributed by atoms with E-state index in [0.29, 0.717) is 17.9 Å². The molecular weight excluding hydrogens is 399 g/mol. The fourth-order valence-corrected chi connectivity index (χ4v) is 4.73. The third kappa shape index (κ3) is 3.27. The summed E-state index contributed by atoms with van der Waals surface area (Å²) in [6, 6.07) is 8.94. The van der Waals surface area contributed by atoms with Crippen molar-refractivity contribution in [2.75, 3.05) is 38.7 Å². The second kappa shape index (κ2) is 8.11. The van der Waals surface area contributed by atoms with Gasteiger partial charge in [-0.1, -0.05) is 12.1 Å². The number of fused-ring (bicyclic) bond motifs is 2. The number of likely N-dealkylation sites (tertiary alicyclic amines) is 1. The van der Waals surface area contributed by atoms with Crippen molar-refractivity contribution in [2.24, 2.45) is 11.8 Å². The summed E-state index contributed by atoms with van der Waals surface area (Å²) >= 11 is 0. The highest BCUT2D eigenvalue weighted by molar-refractivity contribution is 5.85. The van der Waals surface area contributed by atoms with E-state index in [1.807, 2.05) is 0 Å². The molecule has 0 radical (unpaired) electrons. The van der Waals surface area contributed by atoms with E-state index in [1.165, 1.54) is 5.56 Å². The van der Waals surface area contributed by atoms with Crippen LogP contribution in [0.5, 0.6) is 5.75 Å². The fourth-order valence-electron chi connectivity index (χ4n) is 4.73. The van der Waals surface area contributed by atoms with Crippen LogP contribution in [0, 0.1) is 11.8 Å². The maximum absolute atomic E-state index is 5.31. The number of anilines is 1. The Bertz CT molecular complexity index is 934. The molecule has 3 atom stereocenters. The Morgan fingerprint density at radius 1 is 1.04 bits per heavy atom. The van der Waals surface area contributed by atoms with Crippen molar-refractivity contribution in [3.05, 3.63) is 42.5 Å². The fraction of sp³-hybridized carbons (Fsp3) is 0.421. The van der Waals surface area contributed by atoms with Gasteiger partial charge in [-0.25, -0.2) is 15.0 Å². The van der Waals surface area contributed by atoms with Crippen LogP contribution in [-0.4, -0.2) is 58.6 Å². The molecule has 150 valence electrons. The zero-order chi connectivity index (χ0) is 17.7. The number of hydrogen-bond donors (Lipinski definition) is 1. The molecule has 0 amide bonds. The number of halogens is 2. The number of hydrogen-bond acceptors (Lipinski definition) is 6. The largest absolute Gasteiger partial charge is 0.497 e. The number of aromatic nitrogens is 4. The first-order chi connectivity index (χ1) is 12.7. The second-order valence-electron chi connectivity index (χ2n) is 7.28. The molecule has 2 aliphatic rings. The Morgan fingerprint density at radius 3 is 2.57 bits per heavy atom. The molecule has 5 rings (SSSR count). The third-order valence-corrected chi connectivity index (χ3v) is 5.85. The van der Waals surface area contributed by atoms with E-state index in [1.54, 1.807) is 19.8 Å². The molecule has 28 heavy (non-hydrogen) atoms. The maximum atomic E-state index is 5.31. The van der Waals surface area contributed by atoms with Gasteiger partial charge in [0, 0.05) is 31.6 Å². The first kappa shape index (κ1) is 20.6. The molecular formula is C19H24Cl2N6O. The average molecular weight is 423 g/mol. The van der Waals surface area contributed by atoms with Crippen LogP contribution in [0.15, 0.2) is 36.9 Å². The Morgan fingerprint density at radius 2 is 1.82 bits per heavy atom. The molecule has 0 unspecified atom stereocenters. The van der Waals surface area contributed by atoms with Crippen molar-refractivity contribution < 1.29 is 4.74 Å². The van der Waals surface area contributed by atoms with Crippen LogP contribution in [-0.2, 0) is 0 Å². The lowest BCUT2D eigenvalue weighted by Gasteiger charge is -2.27. The minimum absolute atomic E-state index is 0. The van der Waals surface area contributed by atoms with Crippen LogP contribution in [0.4, 0.5) is 5.82 Å². The van der Waals surface area contributed by atoms with Crippen LogP contribution in [0.1, 0.15) is 11.6 Å². The lowest BCUT2D eigenvalue weighted by molar-refractivity contribution is 0.279. The SMILES string of the molecule is COc1ccc([C@@H]2[C@@H]3CN(c4ncnc5nc[nH]c45)C[C@@H]3CN2C)cc1.Cl.Cl. The molecule has 1 N–H and O–H groups in total. The van der Waals surface area contributed by atoms with Gasteiger partial charge in [0.25, 0.3) is 0 Å². The van der Waals surface area contributed by atoms with E-state index >= 15 is 0 Å². The Hall–Kier alpha value is -2.09. The number of H-pyrrole nitrogens is 1. The quantitative estimate of drug-likeness (QED) is 0.699. The molecule has 4 heterocycles. The summed E-state index contributed by atoms with van der Waals surface area (Å²) in [6.45, 7) is 3.12. The summed E-state index contributed by atoms with van der Waals surface area (Å²) in [5, 5.41) is 0. The predicted molar refractivity (Wildman–Crippen MR) is 114 cm³/mol. The average Bonchev–Trinajstić information content (AvgIpc) is 3.35. The molecule has 1 aromatic carbocycles. The molecule has 2 aromatic heterocycles. The van der Waals surface area contributed by atoms with E-state index in [-0.39, 0.29) is 24.8 Å². The lowest BCUT2D eigenvalue weighted by atomic mass is 9.89. The van der Waals surface area contributed by atoms with E-state index in [0.717, 1.165) is 42.4 Å². The maximum Gasteiger partial charge on any atom is 0.182 e. The normalized spacial score (nSPS) is 23.9. The van der Waals surface area contributed by atoms with Gasteiger partial charge in [-0.2, -0.15) is 0 Å². The smallest absolute Gasteiger partial charge is 0.182 e. The Kier molecular flexibility index (Phi) is 5.98. The van der Waals surface area contributed by atoms with Gasteiger partial charge in [-0.15, -0.1) is 24.8 Å². The zero-order valence-electron chi connectivity index (χ0n) is 15.8. The zero-order valence-corrected chi connectivity index (χ0v) is 17.4. The molecule has 3 aromatic rings. The van der Waals surface area contributed by atoms with Gasteiger partial charge in [-0.05, 0) is 30.7 Å². The van der Waals surface area contributed by atoms with Crippen LogP contribution < -0.4 is 9.64 Å². The van der Waals surface area contributed by atoms with E-state index in [4.69, 9.17) is 4.74 Å². The van der Waals surface area contributed by atoms with Crippen molar-refractivity contribution in [3.8, 4) is 5.75 Å². The van der Waals surface area contributed by atoms with Crippen molar-refractivity contribution in [1.82, 2.24) is 24.8 Å². The van der Waals surface area contributed by atoms with Gasteiger partial charge in [-0.3, -0.25) is 4.90 Å². The molecule has 0 spiro atoms. The Labute approximate surface area is 176 Å². The number of nitrogens with one attached hydrogen (secondary N) is 1. The van der Waals surface area contributed by atoms with Crippen LogP contribution >= 0.6 is 24.8 Å². The molecule has 2 fully saturated rings. The summed E-state index contributed by atoms with van der Waals surface area (Å²) in [5.74, 6) is 3.10. The Balaban J connectivity index is 0.00000112. The number of benzene rings is 1. The van der Waals surface area contributed by atoms with Gasteiger partial charge in [0.1, 0.15) is 17.6 Å². The van der Waals surface area contributed by atoms with Crippen LogP contribution in [0.3, 0.4) is 0 Å². The summed E-state index contributed by atoms with van der Waals surface area (Å²) in [4.78, 5) is 21.1. The summed E-state index contributed by atoms with van der Waals surface area (Å²) in [7, 11) is 3.94. The number of imidazole rings is 1. The highest BCUT2D eigenvalue weighted by atomic mass is 35.5. The van der Waals surface area contributed by atoms with Gasteiger partial charge in [0.2, 0.25) is 0 Å². The summed E-state index contributed by atoms with van der Waals surface area (Å²) in [6.07, 6.45) is 3.30. The van der Waals surface area contributed by atoms with Gasteiger partial charge in [0.15, 0.2) is 11.5 Å². The van der Waals surface area contributed by atoms with E-state index in [2.05, 4.69) is 61.0 Å². The second-order valence-corrected chi connectivity index (χ2v) is 7.28. The molecule has 0 bridgehead atoms. The first-order valence-electron chi connectivity index (χ1n) is 8.98. The standard InChI is InChI=1S/C19H22N6O.2ClH/c1-24-7-13-8-25(19-16-18(21-10-20-16)22-11-23-19)9-15(13)17(24)12-3-5-14(26-2)6-4-12;;/h3-6,10-11,13,15,17H,7-9H2,1-2H3,(H,20,21,22,23);2*1H/t13-,15+,17+;;/m0../s1. The first-order valence-corrected chi connectivity index (χ1v) is 8.98. The number of ether oxygens (including phenoxy) is 1. The number of methoxy groups -OCH3 is 1. The van der Waals surface area contributed by atoms with Crippen molar-refractivity contribution >= 4 is 41.8 Å². The number of aromatic amines is 1. The molecule has 2 saturated heterocycles. The summed E-state index contributed by atoms with van der Waals surface area (Å²) < 4.78 is 5.31. The van der Waals surface area contributed by atoms with Gasteiger partial charge in [0.05, 0.1) is 13.4 Å². The molecule has 9 heteroatoms. The summed E-state index contributed by atoms with van der Waals surface area (Å²) in [5.41, 5.74) is 3.02. The van der Waals surface area contributed by atoms with Gasteiger partial charge >= 0.3 is 0 Å². The van der Waals surface area contributed by atoms with Crippen molar-refractivity contribution in [2.45, 2.75) is 6.04 Å². The minimum atomic E-state index is 0. The topological polar surface area (TPSA) is 70.2 Å². The number of rotatable bonds is 3. The third-order valence-electron chi connectivity index (χ3n) is 5.85. The van der Waals surface area contributed by atoms with Gasteiger partial charge < -0.3 is 14.6 Å². The molecule has 0 saturated carbocycles. The van der Waals surface area contributed by atoms with E-state index < -0.39 is 0 Å². The predicted octanol–water partition coefficient (Wildman–Crippen LogP) is 2.94. The van der Waals surface area contributed by atoms with Crippen LogP contribution in [0.2, 0.25) is 0 Å². The molecule has 7 nitrogen and oxygen atoms in total. The minimum Gasteiger partial charge on any atom is -0.497 e. The van der Waals surface area contributed by atoms with Crippen LogP contribution in [0.25, 0.3) is 11.2 Å². The highest BCUT2D eigenvalue weighted by Crippen LogP contribution is 2.45. The molecule has 0 aliphatic carbocycles. The van der Waals surface area contributed by atoms with E-state index in [9.17, 15) is 0 Å². The van der Waals surface area contributed by atoms with Crippen molar-refractivity contribution in [3.63, 3.8) is 0 Å². The molecule has 2 aliphatic heterocycles. The highest BCUT2D eigenvalue weighted by Gasteiger charge is 2.46.